The highest BCUT2D eigenvalue weighted by atomic mass is 127. The van der Waals surface area contributed by atoms with Gasteiger partial charge in [-0.1, -0.05) is 27.2 Å². The van der Waals surface area contributed by atoms with Crippen molar-refractivity contribution in [1.82, 2.24) is 25.0 Å². The molecule has 1 aromatic rings. The molecule has 0 radical (unpaired) electrons. The Morgan fingerprint density at radius 3 is 2.73 bits per heavy atom. The molecule has 1 rings (SSSR count). The van der Waals surface area contributed by atoms with Gasteiger partial charge in [-0.15, -0.1) is 34.2 Å². The van der Waals surface area contributed by atoms with Crippen LogP contribution in [0.1, 0.15) is 45.9 Å². The number of aryl methyl sites for hydroxylation is 1. The molecule has 1 aromatic heterocycles. The highest BCUT2D eigenvalue weighted by molar-refractivity contribution is 14.0. The molecule has 0 bridgehead atoms. The van der Waals surface area contributed by atoms with Gasteiger partial charge < -0.3 is 14.8 Å². The number of hydrogen-bond donors (Lipinski definition) is 1. The van der Waals surface area contributed by atoms with Gasteiger partial charge in [-0.2, -0.15) is 0 Å². The molecule has 0 aliphatic heterocycles. The van der Waals surface area contributed by atoms with Crippen LogP contribution in [0.15, 0.2) is 11.3 Å². The second-order valence-corrected chi connectivity index (χ2v) is 5.20. The van der Waals surface area contributed by atoms with E-state index in [0.717, 1.165) is 50.8 Å². The van der Waals surface area contributed by atoms with Crippen molar-refractivity contribution < 1.29 is 0 Å². The van der Waals surface area contributed by atoms with Crippen LogP contribution in [-0.2, 0) is 13.0 Å². The molecule has 22 heavy (non-hydrogen) atoms. The number of guanidine groups is 1. The van der Waals surface area contributed by atoms with Crippen molar-refractivity contribution in [3.8, 4) is 0 Å². The Labute approximate surface area is 151 Å². The Morgan fingerprint density at radius 2 is 2.09 bits per heavy atom. The van der Waals surface area contributed by atoms with Crippen molar-refractivity contribution in [2.45, 2.75) is 53.0 Å². The SMILES string of the molecule is CCCCN(C)C(=NCCC)NCCn1cnnc1CC.I. The summed E-state index contributed by atoms with van der Waals surface area (Å²) in [4.78, 5) is 6.86. The molecule has 0 aromatic carbocycles. The molecule has 0 atom stereocenters. The van der Waals surface area contributed by atoms with Gasteiger partial charge in [0.05, 0.1) is 0 Å². The van der Waals surface area contributed by atoms with E-state index in [1.54, 1.807) is 6.33 Å². The van der Waals surface area contributed by atoms with Crippen molar-refractivity contribution in [3.63, 3.8) is 0 Å². The lowest BCUT2D eigenvalue weighted by Crippen LogP contribution is -2.41. The average molecular weight is 422 g/mol. The summed E-state index contributed by atoms with van der Waals surface area (Å²) in [5.41, 5.74) is 0. The first-order valence-corrected chi connectivity index (χ1v) is 8.09. The quantitative estimate of drug-likeness (QED) is 0.378. The average Bonchev–Trinajstić information content (AvgIpc) is 2.95. The Hall–Kier alpha value is -0.860. The summed E-state index contributed by atoms with van der Waals surface area (Å²) in [5.74, 6) is 2.03. The third-order valence-corrected chi connectivity index (χ3v) is 3.34. The van der Waals surface area contributed by atoms with Crippen LogP contribution in [-0.4, -0.2) is 52.3 Å². The molecule has 0 unspecified atom stereocenters. The molecule has 0 aliphatic carbocycles. The zero-order valence-corrected chi connectivity index (χ0v) is 16.7. The maximum Gasteiger partial charge on any atom is 0.193 e. The van der Waals surface area contributed by atoms with Crippen LogP contribution >= 0.6 is 24.0 Å². The molecule has 7 heteroatoms. The minimum absolute atomic E-state index is 0. The zero-order chi connectivity index (χ0) is 15.5. The van der Waals surface area contributed by atoms with Gasteiger partial charge in [0, 0.05) is 39.6 Å². The molecule has 0 saturated heterocycles. The van der Waals surface area contributed by atoms with Crippen LogP contribution in [0.2, 0.25) is 0 Å². The van der Waals surface area contributed by atoms with Crippen LogP contribution < -0.4 is 5.32 Å². The Kier molecular flexibility index (Phi) is 12.2. The summed E-state index contributed by atoms with van der Waals surface area (Å²) in [6, 6.07) is 0. The van der Waals surface area contributed by atoms with Gasteiger partial charge in [0.25, 0.3) is 0 Å². The molecular weight excluding hydrogens is 391 g/mol. The summed E-state index contributed by atoms with van der Waals surface area (Å²) in [7, 11) is 2.10. The Bertz CT molecular complexity index is 418. The number of halogens is 1. The van der Waals surface area contributed by atoms with Crippen molar-refractivity contribution in [2.75, 3.05) is 26.7 Å². The zero-order valence-electron chi connectivity index (χ0n) is 14.4. The third-order valence-electron chi connectivity index (χ3n) is 3.34. The van der Waals surface area contributed by atoms with Gasteiger partial charge in [-0.25, -0.2) is 0 Å². The second kappa shape index (κ2) is 12.7. The third kappa shape index (κ3) is 7.42. The number of nitrogens with zero attached hydrogens (tertiary/aromatic N) is 5. The normalized spacial score (nSPS) is 11.2. The van der Waals surface area contributed by atoms with Gasteiger partial charge in [-0.3, -0.25) is 4.99 Å². The van der Waals surface area contributed by atoms with Crippen LogP contribution in [0.5, 0.6) is 0 Å². The highest BCUT2D eigenvalue weighted by Gasteiger charge is 2.06. The molecule has 1 heterocycles. The number of rotatable bonds is 9. The van der Waals surface area contributed by atoms with Crippen molar-refractivity contribution in [3.05, 3.63) is 12.2 Å². The minimum Gasteiger partial charge on any atom is -0.354 e. The molecule has 6 nitrogen and oxygen atoms in total. The van der Waals surface area contributed by atoms with Crippen molar-refractivity contribution >= 4 is 29.9 Å². The summed E-state index contributed by atoms with van der Waals surface area (Å²) in [6.07, 6.45) is 6.16. The second-order valence-electron chi connectivity index (χ2n) is 5.20. The van der Waals surface area contributed by atoms with E-state index in [1.165, 1.54) is 12.8 Å². The first-order chi connectivity index (χ1) is 10.2. The number of aliphatic imine (C=N–C) groups is 1. The minimum atomic E-state index is 0. The number of aromatic nitrogens is 3. The Balaban J connectivity index is 0.00000441. The first kappa shape index (κ1) is 21.1. The van der Waals surface area contributed by atoms with Crippen molar-refractivity contribution in [1.29, 1.82) is 0 Å². The lowest BCUT2D eigenvalue weighted by Gasteiger charge is -2.22. The topological polar surface area (TPSA) is 58.3 Å². The van der Waals surface area contributed by atoms with Crippen molar-refractivity contribution in [2.24, 2.45) is 4.99 Å². The number of nitrogens with one attached hydrogen (secondary N) is 1. The predicted molar refractivity (Wildman–Crippen MR) is 103 cm³/mol. The maximum atomic E-state index is 4.65. The van der Waals surface area contributed by atoms with Gasteiger partial charge in [0.2, 0.25) is 0 Å². The monoisotopic (exact) mass is 422 g/mol. The smallest absolute Gasteiger partial charge is 0.193 e. The van der Waals surface area contributed by atoms with E-state index in [0.29, 0.717) is 0 Å². The van der Waals surface area contributed by atoms with E-state index in [4.69, 9.17) is 0 Å². The van der Waals surface area contributed by atoms with Gasteiger partial charge in [-0.05, 0) is 12.8 Å². The fourth-order valence-electron chi connectivity index (χ4n) is 2.06. The van der Waals surface area contributed by atoms with E-state index < -0.39 is 0 Å². The van der Waals surface area contributed by atoms with Gasteiger partial charge in [0.1, 0.15) is 12.2 Å². The van der Waals surface area contributed by atoms with E-state index in [1.807, 2.05) is 0 Å². The molecule has 0 aliphatic rings. The van der Waals surface area contributed by atoms with Crippen LogP contribution in [0.25, 0.3) is 0 Å². The lowest BCUT2D eigenvalue weighted by molar-refractivity contribution is 0.460. The van der Waals surface area contributed by atoms with Crippen LogP contribution in [0.3, 0.4) is 0 Å². The van der Waals surface area contributed by atoms with E-state index in [-0.39, 0.29) is 24.0 Å². The van der Waals surface area contributed by atoms with Gasteiger partial charge in [0.15, 0.2) is 5.96 Å². The molecule has 1 N–H and O–H groups in total. The summed E-state index contributed by atoms with van der Waals surface area (Å²) in [6.45, 7) is 10.1. The molecule has 0 spiro atoms. The molecule has 0 amide bonds. The Morgan fingerprint density at radius 1 is 1.32 bits per heavy atom. The highest BCUT2D eigenvalue weighted by Crippen LogP contribution is 1.96. The summed E-state index contributed by atoms with van der Waals surface area (Å²) >= 11 is 0. The summed E-state index contributed by atoms with van der Waals surface area (Å²) in [5, 5.41) is 11.5. The van der Waals surface area contributed by atoms with Crippen LogP contribution in [0, 0.1) is 0 Å². The molecule has 0 saturated carbocycles. The fraction of sp³-hybridized carbons (Fsp3) is 0.800. The van der Waals surface area contributed by atoms with Gasteiger partial charge >= 0.3 is 0 Å². The van der Waals surface area contributed by atoms with E-state index in [9.17, 15) is 0 Å². The lowest BCUT2D eigenvalue weighted by atomic mass is 10.3. The molecule has 0 fully saturated rings. The standard InChI is InChI=1S/C15H30N6.HI/c1-5-8-11-20(4)15(16-9-6-2)17-10-12-21-13-18-19-14(21)7-3;/h13H,5-12H2,1-4H3,(H,16,17);1H. The number of hydrogen-bond acceptors (Lipinski definition) is 3. The molecule has 128 valence electrons. The summed E-state index contributed by atoms with van der Waals surface area (Å²) < 4.78 is 2.09. The largest absolute Gasteiger partial charge is 0.354 e. The van der Waals surface area contributed by atoms with E-state index in [2.05, 4.69) is 57.8 Å². The van der Waals surface area contributed by atoms with Crippen LogP contribution in [0.4, 0.5) is 0 Å². The predicted octanol–water partition coefficient (Wildman–Crippen LogP) is 2.55. The van der Waals surface area contributed by atoms with E-state index >= 15 is 0 Å². The maximum absolute atomic E-state index is 4.65. The fourth-order valence-corrected chi connectivity index (χ4v) is 2.06. The first-order valence-electron chi connectivity index (χ1n) is 8.09. The molecular formula is C15H31IN6. The number of unbranched alkanes of at least 4 members (excludes halogenated alkanes) is 1.